The minimum atomic E-state index is -3.32. The highest BCUT2D eigenvalue weighted by molar-refractivity contribution is 7.88. The van der Waals surface area contributed by atoms with Crippen LogP contribution in [0.5, 0.6) is 0 Å². The zero-order chi connectivity index (χ0) is 21.8. The molecule has 31 heavy (non-hydrogen) atoms. The lowest BCUT2D eigenvalue weighted by molar-refractivity contribution is 0.198. The number of benzene rings is 1. The second-order valence-corrected chi connectivity index (χ2v) is 10.2. The Morgan fingerprint density at radius 1 is 1.10 bits per heavy atom. The highest BCUT2D eigenvalue weighted by atomic mass is 32.2. The van der Waals surface area contributed by atoms with Gasteiger partial charge in [-0.2, -0.15) is 4.31 Å². The van der Waals surface area contributed by atoms with Gasteiger partial charge in [-0.15, -0.1) is 10.2 Å². The molecule has 1 unspecified atom stereocenters. The fourth-order valence-electron chi connectivity index (χ4n) is 4.43. The maximum Gasteiger partial charge on any atom is 0.317 e. The lowest BCUT2D eigenvalue weighted by atomic mass is 10.0. The van der Waals surface area contributed by atoms with Gasteiger partial charge in [0.2, 0.25) is 10.0 Å². The summed E-state index contributed by atoms with van der Waals surface area (Å²) in [6, 6.07) is 9.72. The number of carbonyl (C=O) groups excluding carboxylic acids is 1. The summed E-state index contributed by atoms with van der Waals surface area (Å²) in [4.78, 5) is 14.5. The summed E-state index contributed by atoms with van der Waals surface area (Å²) < 4.78 is 28.1. The van der Waals surface area contributed by atoms with Gasteiger partial charge in [-0.3, -0.25) is 0 Å². The van der Waals surface area contributed by atoms with E-state index in [9.17, 15) is 13.2 Å². The van der Waals surface area contributed by atoms with Crippen molar-refractivity contribution in [2.75, 3.05) is 32.4 Å². The first-order valence-corrected chi connectivity index (χ1v) is 12.7. The van der Waals surface area contributed by atoms with Gasteiger partial charge in [0.15, 0.2) is 5.82 Å². The first kappa shape index (κ1) is 21.8. The number of hydrogen-bond acceptors (Lipinski definition) is 5. The van der Waals surface area contributed by atoms with Crippen molar-refractivity contribution >= 4 is 16.1 Å². The van der Waals surface area contributed by atoms with Crippen LogP contribution in [0.4, 0.5) is 4.79 Å². The topological polar surface area (TPSA) is 100 Å². The van der Waals surface area contributed by atoms with Gasteiger partial charge in [0, 0.05) is 39.1 Å². The van der Waals surface area contributed by atoms with Crippen molar-refractivity contribution in [1.29, 1.82) is 0 Å². The average molecular weight is 447 g/mol. The van der Waals surface area contributed by atoms with Crippen molar-refractivity contribution < 1.29 is 13.2 Å². The second kappa shape index (κ2) is 9.35. The molecule has 4 rings (SSSR count). The van der Waals surface area contributed by atoms with Crippen LogP contribution >= 0.6 is 0 Å². The summed E-state index contributed by atoms with van der Waals surface area (Å²) in [6.45, 7) is 2.78. The van der Waals surface area contributed by atoms with Crippen LogP contribution in [0.3, 0.4) is 0 Å². The second-order valence-electron chi connectivity index (χ2n) is 8.22. The summed E-state index contributed by atoms with van der Waals surface area (Å²) in [6.07, 6.45) is 5.22. The molecule has 1 fully saturated rings. The number of rotatable bonds is 5. The molecule has 2 amide bonds. The maximum atomic E-state index is 12.7. The van der Waals surface area contributed by atoms with Crippen LogP contribution in [0.15, 0.2) is 30.3 Å². The molecule has 1 aromatic carbocycles. The Bertz CT molecular complexity index is 1010. The standard InChI is InChI=1S/C21H30N6O3S/c1-31(29,30)27-13-6-5-9-18(27)20-24-23-19-11-14-25(15-16-26(19)20)21(28)22-12-10-17-7-3-2-4-8-17/h2-4,7-8,18H,5-6,9-16H2,1H3,(H,22,28). The number of urea groups is 1. The fourth-order valence-corrected chi connectivity index (χ4v) is 5.55. The van der Waals surface area contributed by atoms with Gasteiger partial charge < -0.3 is 14.8 Å². The van der Waals surface area contributed by atoms with Crippen molar-refractivity contribution in [2.45, 2.75) is 44.7 Å². The molecule has 0 spiro atoms. The molecule has 168 valence electrons. The molecule has 1 aromatic heterocycles. The van der Waals surface area contributed by atoms with Crippen LogP contribution < -0.4 is 5.32 Å². The molecule has 10 heteroatoms. The molecule has 0 aliphatic carbocycles. The highest BCUT2D eigenvalue weighted by Crippen LogP contribution is 2.32. The summed E-state index contributed by atoms with van der Waals surface area (Å²) >= 11 is 0. The maximum absolute atomic E-state index is 12.7. The Balaban J connectivity index is 1.39. The first-order chi connectivity index (χ1) is 14.9. The van der Waals surface area contributed by atoms with E-state index in [0.29, 0.717) is 45.0 Å². The van der Waals surface area contributed by atoms with Gasteiger partial charge >= 0.3 is 6.03 Å². The number of piperidine rings is 1. The van der Waals surface area contributed by atoms with Crippen LogP contribution in [0, 0.1) is 0 Å². The van der Waals surface area contributed by atoms with E-state index < -0.39 is 10.0 Å². The third-order valence-electron chi connectivity index (χ3n) is 6.05. The monoisotopic (exact) mass is 446 g/mol. The van der Waals surface area contributed by atoms with Gasteiger partial charge in [0.1, 0.15) is 5.82 Å². The minimum absolute atomic E-state index is 0.0772. The third kappa shape index (κ3) is 5.07. The molecule has 9 nitrogen and oxygen atoms in total. The number of hydrogen-bond donors (Lipinski definition) is 1. The predicted molar refractivity (Wildman–Crippen MR) is 117 cm³/mol. The molecule has 0 saturated carbocycles. The largest absolute Gasteiger partial charge is 0.338 e. The Morgan fingerprint density at radius 3 is 2.68 bits per heavy atom. The van der Waals surface area contributed by atoms with Crippen LogP contribution in [-0.4, -0.2) is 70.9 Å². The van der Waals surface area contributed by atoms with Crippen molar-refractivity contribution in [3.63, 3.8) is 0 Å². The SMILES string of the molecule is CS(=O)(=O)N1CCCCC1c1nnc2n1CCN(C(=O)NCCc1ccccc1)CC2. The highest BCUT2D eigenvalue weighted by Gasteiger charge is 2.35. The predicted octanol–water partition coefficient (Wildman–Crippen LogP) is 1.58. The summed E-state index contributed by atoms with van der Waals surface area (Å²) in [7, 11) is -3.32. The van der Waals surface area contributed by atoms with Crippen LogP contribution in [0.25, 0.3) is 0 Å². The lowest BCUT2D eigenvalue weighted by Crippen LogP contribution is -2.42. The molecule has 1 saturated heterocycles. The molecule has 1 N–H and O–H groups in total. The van der Waals surface area contributed by atoms with Gasteiger partial charge in [0.25, 0.3) is 0 Å². The Labute approximate surface area is 183 Å². The van der Waals surface area contributed by atoms with E-state index in [1.807, 2.05) is 22.8 Å². The summed E-state index contributed by atoms with van der Waals surface area (Å²) in [5.41, 5.74) is 1.19. The van der Waals surface area contributed by atoms with Crippen molar-refractivity contribution in [3.05, 3.63) is 47.5 Å². The molecule has 2 aliphatic rings. The van der Waals surface area contributed by atoms with Gasteiger partial charge in [0.05, 0.1) is 12.3 Å². The molecule has 0 bridgehead atoms. The van der Waals surface area contributed by atoms with Crippen molar-refractivity contribution in [3.8, 4) is 0 Å². The molecule has 1 atom stereocenters. The van der Waals surface area contributed by atoms with Crippen LogP contribution in [0.2, 0.25) is 0 Å². The zero-order valence-corrected chi connectivity index (χ0v) is 18.7. The number of amides is 2. The summed E-state index contributed by atoms with van der Waals surface area (Å²) in [5, 5.41) is 11.7. The number of carbonyl (C=O) groups is 1. The van der Waals surface area contributed by atoms with Gasteiger partial charge in [-0.1, -0.05) is 36.8 Å². The van der Waals surface area contributed by atoms with E-state index in [-0.39, 0.29) is 12.1 Å². The van der Waals surface area contributed by atoms with E-state index >= 15 is 0 Å². The smallest absolute Gasteiger partial charge is 0.317 e. The Morgan fingerprint density at radius 2 is 1.90 bits per heavy atom. The average Bonchev–Trinajstić information content (AvgIpc) is 3.04. The van der Waals surface area contributed by atoms with Crippen molar-refractivity contribution in [1.82, 2.24) is 29.3 Å². The van der Waals surface area contributed by atoms with E-state index in [1.165, 1.54) is 11.8 Å². The summed E-state index contributed by atoms with van der Waals surface area (Å²) in [5.74, 6) is 1.51. The van der Waals surface area contributed by atoms with E-state index in [4.69, 9.17) is 0 Å². The number of nitrogens with one attached hydrogen (secondary N) is 1. The Hall–Kier alpha value is -2.46. The zero-order valence-electron chi connectivity index (χ0n) is 17.9. The van der Waals surface area contributed by atoms with E-state index in [1.54, 1.807) is 9.21 Å². The first-order valence-electron chi connectivity index (χ1n) is 10.9. The molecule has 3 heterocycles. The van der Waals surface area contributed by atoms with Crippen molar-refractivity contribution in [2.24, 2.45) is 0 Å². The molecule has 2 aliphatic heterocycles. The lowest BCUT2D eigenvalue weighted by Gasteiger charge is -2.33. The number of sulfonamides is 1. The quantitative estimate of drug-likeness (QED) is 0.752. The Kier molecular flexibility index (Phi) is 6.57. The van der Waals surface area contributed by atoms with Gasteiger partial charge in [-0.25, -0.2) is 13.2 Å². The number of aromatic nitrogens is 3. The minimum Gasteiger partial charge on any atom is -0.338 e. The molecule has 2 aromatic rings. The van der Waals surface area contributed by atoms with Crippen LogP contribution in [-0.2, 0) is 29.4 Å². The van der Waals surface area contributed by atoms with Crippen LogP contribution in [0.1, 0.15) is 42.5 Å². The molecular weight excluding hydrogens is 416 g/mol. The molecular formula is C21H30N6O3S. The normalized spacial score (nSPS) is 20.2. The van der Waals surface area contributed by atoms with E-state index in [2.05, 4.69) is 27.6 Å². The molecule has 0 radical (unpaired) electrons. The number of fused-ring (bicyclic) bond motifs is 1. The van der Waals surface area contributed by atoms with Gasteiger partial charge in [-0.05, 0) is 24.8 Å². The number of nitrogens with zero attached hydrogens (tertiary/aromatic N) is 5. The van der Waals surface area contributed by atoms with E-state index in [0.717, 1.165) is 31.5 Å². The fraction of sp³-hybridized carbons (Fsp3) is 0.571. The third-order valence-corrected chi connectivity index (χ3v) is 7.34.